The van der Waals surface area contributed by atoms with Crippen LogP contribution in [0.15, 0.2) is 24.3 Å². The summed E-state index contributed by atoms with van der Waals surface area (Å²) in [6.45, 7) is 0. The first-order valence-electron chi connectivity index (χ1n) is 3.62. The van der Waals surface area contributed by atoms with Gasteiger partial charge < -0.3 is 14.6 Å². The molecular weight excluding hydrogens is 191 g/mol. The molecule has 0 spiro atoms. The number of hydrogen-bond acceptors (Lipinski definition) is 3. The smallest absolute Gasteiger partial charge is 0.423 e. The zero-order chi connectivity index (χ0) is 9.84. The maximum atomic E-state index is 10.4. The van der Waals surface area contributed by atoms with Gasteiger partial charge >= 0.3 is 7.12 Å². The summed E-state index contributed by atoms with van der Waals surface area (Å²) in [5.74, 6) is 0.0573. The van der Waals surface area contributed by atoms with Crippen molar-refractivity contribution in [2.45, 2.75) is 5.75 Å². The fourth-order valence-electron chi connectivity index (χ4n) is 0.929. The highest BCUT2D eigenvalue weighted by Gasteiger charge is 2.09. The van der Waals surface area contributed by atoms with Crippen molar-refractivity contribution in [2.75, 3.05) is 0 Å². The van der Waals surface area contributed by atoms with Crippen molar-refractivity contribution in [1.82, 2.24) is 0 Å². The highest BCUT2D eigenvalue weighted by atomic mass is 32.2. The fourth-order valence-corrected chi connectivity index (χ4v) is 1.41. The van der Waals surface area contributed by atoms with Crippen molar-refractivity contribution in [1.29, 1.82) is 0 Å². The summed E-state index contributed by atoms with van der Waals surface area (Å²) in [6.07, 6.45) is 0. The van der Waals surface area contributed by atoms with E-state index in [0.717, 1.165) is 0 Å². The average molecular weight is 200 g/mol. The Morgan fingerprint density at radius 2 is 1.77 bits per heavy atom. The normalized spacial score (nSPS) is 12.5. The van der Waals surface area contributed by atoms with Crippen LogP contribution in [0.25, 0.3) is 0 Å². The summed E-state index contributed by atoms with van der Waals surface area (Å²) in [7, 11) is -1.49. The molecule has 0 heterocycles. The van der Waals surface area contributed by atoms with Gasteiger partial charge in [0, 0.05) is 0 Å². The quantitative estimate of drug-likeness (QED) is 0.436. The Hall–Kier alpha value is -0.685. The Labute approximate surface area is 78.7 Å². The third-order valence-electron chi connectivity index (χ3n) is 1.57. The lowest BCUT2D eigenvalue weighted by molar-refractivity contribution is 0.426. The molecule has 0 bridgehead atoms. The van der Waals surface area contributed by atoms with Crippen molar-refractivity contribution < 1.29 is 18.8 Å². The highest BCUT2D eigenvalue weighted by molar-refractivity contribution is 7.78. The molecule has 0 aromatic heterocycles. The van der Waals surface area contributed by atoms with Crippen LogP contribution in [0, 0.1) is 0 Å². The molecule has 0 saturated carbocycles. The summed E-state index contributed by atoms with van der Waals surface area (Å²) < 4.78 is 19.0. The predicted molar refractivity (Wildman–Crippen MR) is 50.7 cm³/mol. The lowest BCUT2D eigenvalue weighted by Crippen LogP contribution is -2.29. The Morgan fingerprint density at radius 1 is 1.23 bits per heavy atom. The SMILES string of the molecule is O=S(O)Cc1ccc(B(O)O)cc1. The molecule has 70 valence electrons. The van der Waals surface area contributed by atoms with Gasteiger partial charge in [0.1, 0.15) is 0 Å². The average Bonchev–Trinajstić information content (AvgIpc) is 2.04. The molecule has 1 atom stereocenters. The third-order valence-corrected chi connectivity index (χ3v) is 2.15. The molecule has 0 aliphatic carbocycles. The Morgan fingerprint density at radius 3 is 2.15 bits per heavy atom. The van der Waals surface area contributed by atoms with Gasteiger partial charge in [-0.1, -0.05) is 24.3 Å². The Kier molecular flexibility index (Phi) is 3.62. The first kappa shape index (κ1) is 10.4. The lowest BCUT2D eigenvalue weighted by atomic mass is 9.80. The van der Waals surface area contributed by atoms with Crippen LogP contribution in [0.1, 0.15) is 5.56 Å². The van der Waals surface area contributed by atoms with E-state index in [9.17, 15) is 4.21 Å². The molecule has 1 rings (SSSR count). The van der Waals surface area contributed by atoms with Gasteiger partial charge in [0.15, 0.2) is 11.1 Å². The van der Waals surface area contributed by atoms with E-state index in [-0.39, 0.29) is 5.75 Å². The van der Waals surface area contributed by atoms with Gasteiger partial charge in [0.05, 0.1) is 5.75 Å². The minimum absolute atomic E-state index is 0.0573. The van der Waals surface area contributed by atoms with Gasteiger partial charge in [-0.05, 0) is 11.0 Å². The van der Waals surface area contributed by atoms with Crippen molar-refractivity contribution in [2.24, 2.45) is 0 Å². The molecule has 1 unspecified atom stereocenters. The van der Waals surface area contributed by atoms with E-state index < -0.39 is 18.2 Å². The van der Waals surface area contributed by atoms with Crippen LogP contribution in [-0.4, -0.2) is 25.9 Å². The van der Waals surface area contributed by atoms with E-state index >= 15 is 0 Å². The maximum Gasteiger partial charge on any atom is 0.488 e. The molecule has 6 heteroatoms. The summed E-state index contributed by atoms with van der Waals surface area (Å²) in [4.78, 5) is 0. The van der Waals surface area contributed by atoms with Crippen LogP contribution >= 0.6 is 0 Å². The Balaban J connectivity index is 2.75. The first-order valence-corrected chi connectivity index (χ1v) is 4.89. The van der Waals surface area contributed by atoms with E-state index in [1.54, 1.807) is 12.1 Å². The monoisotopic (exact) mass is 200 g/mol. The van der Waals surface area contributed by atoms with Crippen molar-refractivity contribution in [3.63, 3.8) is 0 Å². The van der Waals surface area contributed by atoms with Gasteiger partial charge in [-0.3, -0.25) is 0 Å². The van der Waals surface area contributed by atoms with E-state index in [2.05, 4.69) is 0 Å². The number of hydrogen-bond donors (Lipinski definition) is 3. The van der Waals surface area contributed by atoms with E-state index in [1.807, 2.05) is 0 Å². The maximum absolute atomic E-state index is 10.4. The summed E-state index contributed by atoms with van der Waals surface area (Å²) >= 11 is -1.86. The van der Waals surface area contributed by atoms with E-state index in [4.69, 9.17) is 14.6 Å². The fraction of sp³-hybridized carbons (Fsp3) is 0.143. The minimum atomic E-state index is -1.86. The third kappa shape index (κ3) is 3.27. The molecule has 0 aliphatic rings. The van der Waals surface area contributed by atoms with Gasteiger partial charge in [-0.25, -0.2) is 4.21 Å². The molecule has 1 aromatic rings. The molecule has 0 fully saturated rings. The topological polar surface area (TPSA) is 77.8 Å². The number of benzene rings is 1. The number of rotatable bonds is 3. The first-order chi connectivity index (χ1) is 6.09. The standard InChI is InChI=1S/C7H9BO4S/c9-8(10)7-3-1-6(2-4-7)5-13(11)12/h1-4,9-10H,5H2,(H,11,12). The largest absolute Gasteiger partial charge is 0.488 e. The molecule has 0 amide bonds. The molecule has 0 radical (unpaired) electrons. The Bertz CT molecular complexity index is 298. The molecule has 4 nitrogen and oxygen atoms in total. The second kappa shape index (κ2) is 4.52. The van der Waals surface area contributed by atoms with Crippen LogP contribution in [0.4, 0.5) is 0 Å². The second-order valence-corrected chi connectivity index (χ2v) is 3.51. The zero-order valence-corrected chi connectivity index (χ0v) is 7.57. The summed E-state index contributed by atoms with van der Waals surface area (Å²) in [6, 6.07) is 6.19. The molecular formula is C7H9BO4S. The molecule has 13 heavy (non-hydrogen) atoms. The summed E-state index contributed by atoms with van der Waals surface area (Å²) in [5, 5.41) is 17.5. The van der Waals surface area contributed by atoms with E-state index in [1.165, 1.54) is 12.1 Å². The molecule has 3 N–H and O–H groups in total. The highest BCUT2D eigenvalue weighted by Crippen LogP contribution is 2.00. The van der Waals surface area contributed by atoms with Crippen LogP contribution in [0.5, 0.6) is 0 Å². The van der Waals surface area contributed by atoms with Gasteiger partial charge in [0.25, 0.3) is 0 Å². The van der Waals surface area contributed by atoms with E-state index in [0.29, 0.717) is 11.0 Å². The van der Waals surface area contributed by atoms with Crippen molar-refractivity contribution >= 4 is 23.7 Å². The molecule has 0 saturated heterocycles. The lowest BCUT2D eigenvalue weighted by Gasteiger charge is -2.00. The molecule has 0 aliphatic heterocycles. The second-order valence-electron chi connectivity index (χ2n) is 2.58. The van der Waals surface area contributed by atoms with Gasteiger partial charge in [-0.2, -0.15) is 0 Å². The van der Waals surface area contributed by atoms with Crippen LogP contribution in [-0.2, 0) is 16.8 Å². The zero-order valence-electron chi connectivity index (χ0n) is 6.75. The predicted octanol–water partition coefficient (Wildman–Crippen LogP) is -0.912. The van der Waals surface area contributed by atoms with Crippen molar-refractivity contribution in [3.8, 4) is 0 Å². The molecule has 1 aromatic carbocycles. The van der Waals surface area contributed by atoms with Gasteiger partial charge in [0.2, 0.25) is 0 Å². The van der Waals surface area contributed by atoms with Crippen molar-refractivity contribution in [3.05, 3.63) is 29.8 Å². The minimum Gasteiger partial charge on any atom is -0.423 e. The van der Waals surface area contributed by atoms with Crippen LogP contribution in [0.3, 0.4) is 0 Å². The van der Waals surface area contributed by atoms with Crippen LogP contribution < -0.4 is 5.46 Å². The summed E-state index contributed by atoms with van der Waals surface area (Å²) in [5.41, 5.74) is 1.05. The van der Waals surface area contributed by atoms with Gasteiger partial charge in [-0.15, -0.1) is 0 Å². The van der Waals surface area contributed by atoms with Crippen LogP contribution in [0.2, 0.25) is 0 Å².